The molecule has 0 bridgehead atoms. The zero-order valence-corrected chi connectivity index (χ0v) is 9.43. The Balaban J connectivity index is 2.03. The van der Waals surface area contributed by atoms with Gasteiger partial charge in [-0.2, -0.15) is 12.6 Å². The summed E-state index contributed by atoms with van der Waals surface area (Å²) in [6, 6.07) is 0. The molecule has 1 rings (SSSR count). The van der Waals surface area contributed by atoms with Crippen molar-refractivity contribution in [3.8, 4) is 0 Å². The standard InChI is InChI=1S/C10H21NOS/c1-11(6-9-13)5-2-10-3-7-12-8-4-10/h10,13H,2-9H2,1H3. The predicted octanol–water partition coefficient (Wildman–Crippen LogP) is 1.66. The van der Waals surface area contributed by atoms with E-state index in [0.29, 0.717) is 0 Å². The second-order valence-corrected chi connectivity index (χ2v) is 4.32. The summed E-state index contributed by atoms with van der Waals surface area (Å²) < 4.78 is 5.33. The van der Waals surface area contributed by atoms with Crippen molar-refractivity contribution >= 4 is 12.6 Å². The van der Waals surface area contributed by atoms with E-state index in [2.05, 4.69) is 24.6 Å². The summed E-state index contributed by atoms with van der Waals surface area (Å²) in [6.45, 7) is 4.26. The summed E-state index contributed by atoms with van der Waals surface area (Å²) in [5, 5.41) is 0. The van der Waals surface area contributed by atoms with Crippen LogP contribution in [-0.2, 0) is 4.74 Å². The van der Waals surface area contributed by atoms with Gasteiger partial charge in [0.05, 0.1) is 0 Å². The lowest BCUT2D eigenvalue weighted by Gasteiger charge is -2.24. The molecule has 78 valence electrons. The van der Waals surface area contributed by atoms with Gasteiger partial charge in [0.1, 0.15) is 0 Å². The van der Waals surface area contributed by atoms with Gasteiger partial charge >= 0.3 is 0 Å². The van der Waals surface area contributed by atoms with Crippen molar-refractivity contribution in [2.75, 3.05) is 39.1 Å². The molecule has 0 aliphatic carbocycles. The maximum absolute atomic E-state index is 5.33. The van der Waals surface area contributed by atoms with E-state index in [0.717, 1.165) is 31.4 Å². The van der Waals surface area contributed by atoms with Gasteiger partial charge in [-0.1, -0.05) is 0 Å². The SMILES string of the molecule is CN(CCS)CCC1CCOCC1. The van der Waals surface area contributed by atoms with Crippen molar-refractivity contribution in [3.63, 3.8) is 0 Å². The Kier molecular flexibility index (Phi) is 5.83. The second kappa shape index (κ2) is 6.68. The third-order valence-corrected chi connectivity index (χ3v) is 2.94. The normalized spacial score (nSPS) is 19.6. The van der Waals surface area contributed by atoms with Crippen LogP contribution in [0.2, 0.25) is 0 Å². The molecule has 0 aromatic heterocycles. The Morgan fingerprint density at radius 1 is 1.31 bits per heavy atom. The van der Waals surface area contributed by atoms with Crippen molar-refractivity contribution in [2.45, 2.75) is 19.3 Å². The number of hydrogen-bond acceptors (Lipinski definition) is 3. The molecule has 1 fully saturated rings. The molecule has 1 heterocycles. The first-order valence-electron chi connectivity index (χ1n) is 5.20. The Bertz CT molecular complexity index is 126. The number of hydrogen-bond donors (Lipinski definition) is 1. The Morgan fingerprint density at radius 3 is 2.62 bits per heavy atom. The number of nitrogens with zero attached hydrogens (tertiary/aromatic N) is 1. The van der Waals surface area contributed by atoms with Gasteiger partial charge < -0.3 is 9.64 Å². The van der Waals surface area contributed by atoms with Crippen LogP contribution in [0, 0.1) is 5.92 Å². The first-order chi connectivity index (χ1) is 6.33. The number of thiol groups is 1. The highest BCUT2D eigenvalue weighted by atomic mass is 32.1. The molecule has 0 aromatic carbocycles. The molecule has 0 atom stereocenters. The minimum atomic E-state index is 0.899. The fraction of sp³-hybridized carbons (Fsp3) is 1.00. The number of ether oxygens (including phenoxy) is 1. The minimum absolute atomic E-state index is 0.899. The third-order valence-electron chi connectivity index (χ3n) is 2.74. The van der Waals surface area contributed by atoms with Gasteiger partial charge in [-0.05, 0) is 38.8 Å². The summed E-state index contributed by atoms with van der Waals surface area (Å²) in [7, 11) is 2.18. The smallest absolute Gasteiger partial charge is 0.0468 e. The Hall–Kier alpha value is 0.270. The third kappa shape index (κ3) is 4.89. The molecule has 2 nitrogen and oxygen atoms in total. The van der Waals surface area contributed by atoms with Gasteiger partial charge in [0.2, 0.25) is 0 Å². The zero-order valence-electron chi connectivity index (χ0n) is 8.54. The van der Waals surface area contributed by atoms with Crippen LogP contribution in [0.3, 0.4) is 0 Å². The summed E-state index contributed by atoms with van der Waals surface area (Å²) >= 11 is 4.22. The molecule has 0 N–H and O–H groups in total. The molecule has 0 aromatic rings. The van der Waals surface area contributed by atoms with Crippen molar-refractivity contribution in [1.82, 2.24) is 4.90 Å². The van der Waals surface area contributed by atoms with Crippen molar-refractivity contribution in [1.29, 1.82) is 0 Å². The van der Waals surface area contributed by atoms with Crippen LogP contribution in [-0.4, -0.2) is 44.0 Å². The molecule has 0 radical (unpaired) electrons. The van der Waals surface area contributed by atoms with Crippen molar-refractivity contribution in [3.05, 3.63) is 0 Å². The summed E-state index contributed by atoms with van der Waals surface area (Å²) in [6.07, 6.45) is 3.84. The van der Waals surface area contributed by atoms with Crippen molar-refractivity contribution < 1.29 is 4.74 Å². The molecule has 0 saturated carbocycles. The highest BCUT2D eigenvalue weighted by molar-refractivity contribution is 7.80. The molecule has 3 heteroatoms. The van der Waals surface area contributed by atoms with Crippen LogP contribution in [0.1, 0.15) is 19.3 Å². The quantitative estimate of drug-likeness (QED) is 0.682. The molecule has 13 heavy (non-hydrogen) atoms. The highest BCUT2D eigenvalue weighted by Gasteiger charge is 2.13. The van der Waals surface area contributed by atoms with Crippen LogP contribution in [0.5, 0.6) is 0 Å². The van der Waals surface area contributed by atoms with Gasteiger partial charge in [0.15, 0.2) is 0 Å². The largest absolute Gasteiger partial charge is 0.381 e. The van der Waals surface area contributed by atoms with Crippen LogP contribution >= 0.6 is 12.6 Å². The van der Waals surface area contributed by atoms with E-state index in [1.54, 1.807) is 0 Å². The van der Waals surface area contributed by atoms with E-state index < -0.39 is 0 Å². The maximum atomic E-state index is 5.33. The van der Waals surface area contributed by atoms with E-state index in [1.807, 2.05) is 0 Å². The van der Waals surface area contributed by atoms with Gasteiger partial charge in [0, 0.05) is 25.5 Å². The second-order valence-electron chi connectivity index (χ2n) is 3.87. The average Bonchev–Trinajstić information content (AvgIpc) is 2.17. The Morgan fingerprint density at radius 2 is 2.00 bits per heavy atom. The molecule has 0 unspecified atom stereocenters. The highest BCUT2D eigenvalue weighted by Crippen LogP contribution is 2.18. The molecule has 0 spiro atoms. The topological polar surface area (TPSA) is 12.5 Å². The van der Waals surface area contributed by atoms with E-state index in [1.165, 1.54) is 25.8 Å². The monoisotopic (exact) mass is 203 g/mol. The van der Waals surface area contributed by atoms with Gasteiger partial charge in [-0.15, -0.1) is 0 Å². The van der Waals surface area contributed by atoms with E-state index in [4.69, 9.17) is 4.74 Å². The fourth-order valence-corrected chi connectivity index (χ4v) is 2.06. The first-order valence-corrected chi connectivity index (χ1v) is 5.83. The summed E-state index contributed by atoms with van der Waals surface area (Å²) in [5.41, 5.74) is 0. The van der Waals surface area contributed by atoms with Gasteiger partial charge in [-0.3, -0.25) is 0 Å². The van der Waals surface area contributed by atoms with E-state index >= 15 is 0 Å². The lowest BCUT2D eigenvalue weighted by atomic mass is 9.96. The first kappa shape index (κ1) is 11.3. The number of rotatable bonds is 5. The van der Waals surface area contributed by atoms with E-state index in [9.17, 15) is 0 Å². The van der Waals surface area contributed by atoms with Crippen LogP contribution in [0.25, 0.3) is 0 Å². The van der Waals surface area contributed by atoms with Crippen LogP contribution in [0.4, 0.5) is 0 Å². The maximum Gasteiger partial charge on any atom is 0.0468 e. The van der Waals surface area contributed by atoms with Crippen LogP contribution in [0.15, 0.2) is 0 Å². The molecule has 1 aliphatic rings. The van der Waals surface area contributed by atoms with Crippen LogP contribution < -0.4 is 0 Å². The van der Waals surface area contributed by atoms with Crippen molar-refractivity contribution in [2.24, 2.45) is 5.92 Å². The summed E-state index contributed by atoms with van der Waals surface area (Å²) in [4.78, 5) is 2.36. The van der Waals surface area contributed by atoms with Gasteiger partial charge in [-0.25, -0.2) is 0 Å². The Labute approximate surface area is 87.0 Å². The molecular weight excluding hydrogens is 182 g/mol. The lowest BCUT2D eigenvalue weighted by Crippen LogP contribution is -2.25. The lowest BCUT2D eigenvalue weighted by molar-refractivity contribution is 0.0612. The molecule has 0 amide bonds. The average molecular weight is 203 g/mol. The fourth-order valence-electron chi connectivity index (χ4n) is 1.72. The zero-order chi connectivity index (χ0) is 9.52. The van der Waals surface area contributed by atoms with E-state index in [-0.39, 0.29) is 0 Å². The molecule has 1 saturated heterocycles. The minimum Gasteiger partial charge on any atom is -0.381 e. The predicted molar refractivity (Wildman–Crippen MR) is 59.5 cm³/mol. The molecular formula is C10H21NOS. The molecule has 1 aliphatic heterocycles. The van der Waals surface area contributed by atoms with Gasteiger partial charge in [0.25, 0.3) is 0 Å². The summed E-state index contributed by atoms with van der Waals surface area (Å²) in [5.74, 6) is 1.86.